The molecule has 4 heteroatoms. The Morgan fingerprint density at radius 1 is 1.53 bits per heavy atom. The van der Waals surface area contributed by atoms with Gasteiger partial charge in [-0.05, 0) is 26.3 Å². The molecule has 1 fully saturated rings. The quantitative estimate of drug-likeness (QED) is 0.598. The third-order valence-corrected chi connectivity index (χ3v) is 2.96. The minimum Gasteiger partial charge on any atom is -0.444 e. The van der Waals surface area contributed by atoms with Crippen LogP contribution < -0.4 is 0 Å². The first-order valence-corrected chi connectivity index (χ1v) is 6.26. The van der Waals surface area contributed by atoms with Crippen molar-refractivity contribution in [3.63, 3.8) is 0 Å². The minimum atomic E-state index is -0.419. The first kappa shape index (κ1) is 12.4. The van der Waals surface area contributed by atoms with Crippen molar-refractivity contribution >= 4 is 17.9 Å². The van der Waals surface area contributed by atoms with Gasteiger partial charge in [-0.1, -0.05) is 6.58 Å². The van der Waals surface area contributed by atoms with Crippen LogP contribution in [0, 0.1) is 0 Å². The molecule has 1 amide bonds. The molecular weight excluding hydrogens is 210 g/mol. The van der Waals surface area contributed by atoms with Crippen molar-refractivity contribution in [3.8, 4) is 0 Å². The normalized spacial score (nSPS) is 18.6. The van der Waals surface area contributed by atoms with Crippen LogP contribution in [-0.4, -0.2) is 41.2 Å². The summed E-state index contributed by atoms with van der Waals surface area (Å²) in [7, 11) is 0. The van der Waals surface area contributed by atoms with Crippen molar-refractivity contribution in [2.75, 3.05) is 24.6 Å². The maximum absolute atomic E-state index is 11.8. The minimum absolute atomic E-state index is 0.230. The summed E-state index contributed by atoms with van der Waals surface area (Å²) < 4.78 is 5.32. The van der Waals surface area contributed by atoms with Gasteiger partial charge in [0.1, 0.15) is 5.60 Å². The average Bonchev–Trinajstić information content (AvgIpc) is 2.26. The second-order valence-corrected chi connectivity index (χ2v) is 5.81. The van der Waals surface area contributed by atoms with Gasteiger partial charge in [-0.25, -0.2) is 4.79 Å². The van der Waals surface area contributed by atoms with Crippen molar-refractivity contribution in [2.24, 2.45) is 0 Å². The summed E-state index contributed by atoms with van der Waals surface area (Å²) in [6.07, 6.45) is -0.230. The van der Waals surface area contributed by atoms with Crippen molar-refractivity contribution in [1.29, 1.82) is 0 Å². The fraction of sp³-hybridized carbons (Fsp3) is 0.727. The lowest BCUT2D eigenvalue weighted by atomic mass is 10.2. The summed E-state index contributed by atoms with van der Waals surface area (Å²) in [6, 6.07) is 0. The van der Waals surface area contributed by atoms with E-state index in [2.05, 4.69) is 6.58 Å². The summed E-state index contributed by atoms with van der Waals surface area (Å²) in [6.45, 7) is 11.0. The number of nitrogens with zero attached hydrogens (tertiary/aromatic N) is 1. The van der Waals surface area contributed by atoms with Gasteiger partial charge in [0.05, 0.1) is 0 Å². The van der Waals surface area contributed by atoms with Gasteiger partial charge in [-0.3, -0.25) is 0 Å². The second-order valence-electron chi connectivity index (χ2n) is 4.70. The number of ether oxygens (including phenoxy) is 1. The first-order valence-electron chi connectivity index (χ1n) is 5.11. The van der Waals surface area contributed by atoms with E-state index in [1.165, 1.54) is 0 Å². The van der Waals surface area contributed by atoms with Crippen molar-refractivity contribution < 1.29 is 9.53 Å². The van der Waals surface area contributed by atoms with Crippen LogP contribution in [0.25, 0.3) is 0 Å². The number of carbonyl (C=O) groups excluding carboxylic acids is 1. The van der Waals surface area contributed by atoms with E-state index in [0.29, 0.717) is 6.54 Å². The van der Waals surface area contributed by atoms with Crippen LogP contribution in [0.1, 0.15) is 20.8 Å². The Balaban J connectivity index is 2.54. The number of thioether (sulfide) groups is 1. The van der Waals surface area contributed by atoms with Crippen LogP contribution >= 0.6 is 11.8 Å². The Kier molecular flexibility index (Phi) is 4.08. The largest absolute Gasteiger partial charge is 0.444 e. The van der Waals surface area contributed by atoms with Crippen molar-refractivity contribution in [1.82, 2.24) is 4.90 Å². The van der Waals surface area contributed by atoms with Gasteiger partial charge >= 0.3 is 6.09 Å². The van der Waals surface area contributed by atoms with Gasteiger partial charge in [-0.2, -0.15) is 11.8 Å². The van der Waals surface area contributed by atoms with E-state index in [4.69, 9.17) is 4.74 Å². The second kappa shape index (κ2) is 4.92. The molecule has 0 aromatic heterocycles. The van der Waals surface area contributed by atoms with Crippen molar-refractivity contribution in [2.45, 2.75) is 26.4 Å². The Morgan fingerprint density at radius 3 is 2.80 bits per heavy atom. The number of amides is 1. The summed E-state index contributed by atoms with van der Waals surface area (Å²) in [5.74, 6) is 1.90. The molecule has 0 unspecified atom stereocenters. The Labute approximate surface area is 95.9 Å². The molecule has 0 N–H and O–H groups in total. The highest BCUT2D eigenvalue weighted by Crippen LogP contribution is 2.16. The van der Waals surface area contributed by atoms with Gasteiger partial charge in [0.25, 0.3) is 0 Å². The fourth-order valence-corrected chi connectivity index (χ4v) is 2.14. The van der Waals surface area contributed by atoms with Gasteiger partial charge < -0.3 is 9.64 Å². The Bertz CT molecular complexity index is 258. The molecule has 0 spiro atoms. The van der Waals surface area contributed by atoms with Gasteiger partial charge in [0, 0.05) is 24.6 Å². The van der Waals surface area contributed by atoms with E-state index < -0.39 is 5.60 Å². The van der Waals surface area contributed by atoms with Crippen LogP contribution in [0.15, 0.2) is 12.2 Å². The third-order valence-electron chi connectivity index (χ3n) is 1.88. The standard InChI is InChI=1S/C11H19NO2S/c1-9-7-12(5-6-15-8-9)10(13)14-11(2,3)4/h1,5-8H2,2-4H3. The zero-order valence-corrected chi connectivity index (χ0v) is 10.5. The summed E-state index contributed by atoms with van der Waals surface area (Å²) >= 11 is 1.81. The first-order chi connectivity index (χ1) is 6.88. The lowest BCUT2D eigenvalue weighted by Gasteiger charge is -2.26. The van der Waals surface area contributed by atoms with Gasteiger partial charge in [0.2, 0.25) is 0 Å². The van der Waals surface area contributed by atoms with E-state index >= 15 is 0 Å². The molecule has 0 saturated carbocycles. The highest BCUT2D eigenvalue weighted by atomic mass is 32.2. The molecule has 0 aromatic rings. The van der Waals surface area contributed by atoms with Crippen LogP contribution in [0.5, 0.6) is 0 Å². The maximum atomic E-state index is 11.8. The molecule has 3 nitrogen and oxygen atoms in total. The number of rotatable bonds is 0. The highest BCUT2D eigenvalue weighted by Gasteiger charge is 2.23. The molecule has 15 heavy (non-hydrogen) atoms. The van der Waals surface area contributed by atoms with Crippen LogP contribution in [-0.2, 0) is 4.74 Å². The summed E-state index contributed by atoms with van der Waals surface area (Å²) in [4.78, 5) is 13.5. The van der Waals surface area contributed by atoms with E-state index in [1.54, 1.807) is 4.90 Å². The van der Waals surface area contributed by atoms with E-state index in [0.717, 1.165) is 23.6 Å². The van der Waals surface area contributed by atoms with Crippen LogP contribution in [0.3, 0.4) is 0 Å². The molecule has 1 heterocycles. The molecule has 0 aliphatic carbocycles. The smallest absolute Gasteiger partial charge is 0.410 e. The van der Waals surface area contributed by atoms with Crippen molar-refractivity contribution in [3.05, 3.63) is 12.2 Å². The number of hydrogen-bond donors (Lipinski definition) is 0. The predicted molar refractivity (Wildman–Crippen MR) is 64.3 cm³/mol. The maximum Gasteiger partial charge on any atom is 0.410 e. The summed E-state index contributed by atoms with van der Waals surface area (Å²) in [5, 5.41) is 0. The lowest BCUT2D eigenvalue weighted by Crippen LogP contribution is -2.38. The van der Waals surface area contributed by atoms with Crippen LogP contribution in [0.4, 0.5) is 4.79 Å². The molecule has 86 valence electrons. The van der Waals surface area contributed by atoms with E-state index in [9.17, 15) is 4.79 Å². The topological polar surface area (TPSA) is 29.5 Å². The highest BCUT2D eigenvalue weighted by molar-refractivity contribution is 7.99. The zero-order valence-electron chi connectivity index (χ0n) is 9.71. The Morgan fingerprint density at radius 2 is 2.20 bits per heavy atom. The Hall–Kier alpha value is -0.640. The molecule has 1 rings (SSSR count). The molecular formula is C11H19NO2S. The third kappa shape index (κ3) is 4.60. The fourth-order valence-electron chi connectivity index (χ4n) is 1.27. The zero-order chi connectivity index (χ0) is 11.5. The molecule has 1 saturated heterocycles. The monoisotopic (exact) mass is 229 g/mol. The number of carbonyl (C=O) groups is 1. The molecule has 0 bridgehead atoms. The van der Waals surface area contributed by atoms with E-state index in [1.807, 2.05) is 32.5 Å². The van der Waals surface area contributed by atoms with Crippen LogP contribution in [0.2, 0.25) is 0 Å². The summed E-state index contributed by atoms with van der Waals surface area (Å²) in [5.41, 5.74) is 0.668. The average molecular weight is 229 g/mol. The molecule has 0 radical (unpaired) electrons. The van der Waals surface area contributed by atoms with Gasteiger partial charge in [0.15, 0.2) is 0 Å². The molecule has 1 aliphatic heterocycles. The predicted octanol–water partition coefficient (Wildman–Crippen LogP) is 2.53. The number of hydrogen-bond acceptors (Lipinski definition) is 3. The van der Waals surface area contributed by atoms with Gasteiger partial charge in [-0.15, -0.1) is 0 Å². The lowest BCUT2D eigenvalue weighted by molar-refractivity contribution is 0.0280. The molecule has 1 aliphatic rings. The molecule has 0 atom stereocenters. The molecule has 0 aromatic carbocycles. The van der Waals surface area contributed by atoms with E-state index in [-0.39, 0.29) is 6.09 Å². The SMILES string of the molecule is C=C1CSCCN(C(=O)OC(C)(C)C)C1.